The molecule has 0 aliphatic carbocycles. The van der Waals surface area contributed by atoms with E-state index in [9.17, 15) is 18.0 Å². The summed E-state index contributed by atoms with van der Waals surface area (Å²) >= 11 is 0. The molecule has 2 N–H and O–H groups in total. The van der Waals surface area contributed by atoms with Gasteiger partial charge in [-0.25, -0.2) is 0 Å². The van der Waals surface area contributed by atoms with Crippen molar-refractivity contribution in [2.75, 3.05) is 13.2 Å². The van der Waals surface area contributed by atoms with Crippen molar-refractivity contribution in [3.63, 3.8) is 0 Å². The van der Waals surface area contributed by atoms with Gasteiger partial charge in [-0.2, -0.15) is 18.3 Å². The van der Waals surface area contributed by atoms with Crippen LogP contribution in [0.4, 0.5) is 13.2 Å². The van der Waals surface area contributed by atoms with Crippen molar-refractivity contribution < 1.29 is 27.4 Å². The Morgan fingerprint density at radius 2 is 1.79 bits per heavy atom. The summed E-state index contributed by atoms with van der Waals surface area (Å²) in [6, 6.07) is 9.94. The molecule has 1 aliphatic heterocycles. The van der Waals surface area contributed by atoms with Gasteiger partial charge < -0.3 is 14.8 Å². The second-order valence-corrected chi connectivity index (χ2v) is 6.39. The topological polar surface area (TPSA) is 76.2 Å². The number of amides is 1. The van der Waals surface area contributed by atoms with E-state index >= 15 is 0 Å². The van der Waals surface area contributed by atoms with Gasteiger partial charge in [-0.05, 0) is 35.9 Å². The van der Waals surface area contributed by atoms with Crippen molar-refractivity contribution in [2.45, 2.75) is 12.7 Å². The lowest BCUT2D eigenvalue weighted by molar-refractivity contribution is -0.137. The minimum Gasteiger partial charge on any atom is -0.486 e. The lowest BCUT2D eigenvalue weighted by Crippen LogP contribution is -2.23. The van der Waals surface area contributed by atoms with E-state index in [0.29, 0.717) is 47.1 Å². The van der Waals surface area contributed by atoms with Crippen LogP contribution in [0.15, 0.2) is 48.7 Å². The van der Waals surface area contributed by atoms with Gasteiger partial charge in [0.1, 0.15) is 13.2 Å². The van der Waals surface area contributed by atoms with E-state index in [1.165, 1.54) is 18.3 Å². The number of aromatic nitrogens is 2. The Kier molecular flexibility index (Phi) is 4.87. The maximum atomic E-state index is 12.6. The van der Waals surface area contributed by atoms with Crippen LogP contribution in [0, 0.1) is 0 Å². The van der Waals surface area contributed by atoms with Gasteiger partial charge in [0.05, 0.1) is 23.0 Å². The smallest absolute Gasteiger partial charge is 0.416 e. The van der Waals surface area contributed by atoms with Crippen LogP contribution >= 0.6 is 0 Å². The quantitative estimate of drug-likeness (QED) is 0.695. The van der Waals surface area contributed by atoms with Gasteiger partial charge in [0.2, 0.25) is 0 Å². The molecule has 2 aromatic carbocycles. The first kappa shape index (κ1) is 18.9. The number of carbonyl (C=O) groups is 1. The van der Waals surface area contributed by atoms with Crippen molar-refractivity contribution in [2.24, 2.45) is 0 Å². The van der Waals surface area contributed by atoms with Gasteiger partial charge in [-0.1, -0.05) is 12.1 Å². The molecule has 4 rings (SSSR count). The van der Waals surface area contributed by atoms with Gasteiger partial charge in [0.15, 0.2) is 11.5 Å². The summed E-state index contributed by atoms with van der Waals surface area (Å²) in [6.45, 7) is 1.01. The van der Waals surface area contributed by atoms with Crippen LogP contribution in [0.1, 0.15) is 21.5 Å². The van der Waals surface area contributed by atoms with E-state index in [1.807, 2.05) is 0 Å². The predicted molar refractivity (Wildman–Crippen MR) is 97.6 cm³/mol. The molecule has 0 bridgehead atoms. The SMILES string of the molecule is O=C(NCc1ccc(C(F)(F)F)cc1)c1cn[nH]c1-c1ccc2c(c1)OCCO2. The van der Waals surface area contributed by atoms with E-state index < -0.39 is 17.6 Å². The molecule has 2 heterocycles. The fraction of sp³-hybridized carbons (Fsp3) is 0.200. The molecule has 0 atom stereocenters. The number of carbonyl (C=O) groups excluding carboxylic acids is 1. The van der Waals surface area contributed by atoms with Crippen molar-refractivity contribution in [3.05, 3.63) is 65.4 Å². The minimum absolute atomic E-state index is 0.0860. The number of benzene rings is 2. The molecular weight excluding hydrogens is 387 g/mol. The van der Waals surface area contributed by atoms with Crippen LogP contribution in [0.3, 0.4) is 0 Å². The Bertz CT molecular complexity index is 1030. The summed E-state index contributed by atoms with van der Waals surface area (Å²) in [5, 5.41) is 9.44. The molecular formula is C20H16F3N3O3. The molecule has 1 aromatic heterocycles. The number of halogens is 3. The van der Waals surface area contributed by atoms with Gasteiger partial charge in [-0.15, -0.1) is 0 Å². The predicted octanol–water partition coefficient (Wildman–Crippen LogP) is 3.80. The zero-order valence-electron chi connectivity index (χ0n) is 15.0. The maximum absolute atomic E-state index is 12.6. The fourth-order valence-corrected chi connectivity index (χ4v) is 2.97. The number of aromatic amines is 1. The van der Waals surface area contributed by atoms with Crippen molar-refractivity contribution in [1.29, 1.82) is 0 Å². The van der Waals surface area contributed by atoms with Crippen molar-refractivity contribution in [3.8, 4) is 22.8 Å². The molecule has 3 aromatic rings. The number of fused-ring (bicyclic) bond motifs is 1. The standard InChI is InChI=1S/C20H16F3N3O3/c21-20(22,23)14-4-1-12(2-5-14)10-24-19(27)15-11-25-26-18(15)13-3-6-16-17(9-13)29-8-7-28-16/h1-6,9,11H,7-8,10H2,(H,24,27)(H,25,26). The first-order chi connectivity index (χ1) is 13.9. The third kappa shape index (κ3) is 4.03. The number of rotatable bonds is 4. The van der Waals surface area contributed by atoms with E-state index in [1.54, 1.807) is 18.2 Å². The average molecular weight is 403 g/mol. The number of ether oxygens (including phenoxy) is 2. The van der Waals surface area contributed by atoms with E-state index in [4.69, 9.17) is 9.47 Å². The van der Waals surface area contributed by atoms with Gasteiger partial charge >= 0.3 is 6.18 Å². The lowest BCUT2D eigenvalue weighted by Gasteiger charge is -2.18. The third-order valence-corrected chi connectivity index (χ3v) is 4.45. The zero-order chi connectivity index (χ0) is 20.4. The molecule has 29 heavy (non-hydrogen) atoms. The summed E-state index contributed by atoms with van der Waals surface area (Å²) in [5.74, 6) is 0.816. The second-order valence-electron chi connectivity index (χ2n) is 6.39. The van der Waals surface area contributed by atoms with Crippen LogP contribution in [0.5, 0.6) is 11.5 Å². The van der Waals surface area contributed by atoms with Crippen LogP contribution in [0.25, 0.3) is 11.3 Å². The van der Waals surface area contributed by atoms with Crippen LogP contribution < -0.4 is 14.8 Å². The highest BCUT2D eigenvalue weighted by Gasteiger charge is 2.30. The Hall–Kier alpha value is -3.49. The normalized spacial score (nSPS) is 13.2. The number of H-pyrrole nitrogens is 1. The molecule has 9 heteroatoms. The lowest BCUT2D eigenvalue weighted by atomic mass is 10.1. The van der Waals surface area contributed by atoms with E-state index in [2.05, 4.69) is 15.5 Å². The molecule has 1 aliphatic rings. The minimum atomic E-state index is -4.39. The number of hydrogen-bond donors (Lipinski definition) is 2. The third-order valence-electron chi connectivity index (χ3n) is 4.45. The first-order valence-electron chi connectivity index (χ1n) is 8.79. The largest absolute Gasteiger partial charge is 0.486 e. The molecule has 0 saturated heterocycles. The summed E-state index contributed by atoms with van der Waals surface area (Å²) in [7, 11) is 0. The zero-order valence-corrected chi connectivity index (χ0v) is 15.0. The Morgan fingerprint density at radius 1 is 1.07 bits per heavy atom. The summed E-state index contributed by atoms with van der Waals surface area (Å²) in [6.07, 6.45) is -2.99. The monoisotopic (exact) mass is 403 g/mol. The number of nitrogens with one attached hydrogen (secondary N) is 2. The second kappa shape index (κ2) is 7.50. The van der Waals surface area contributed by atoms with Crippen LogP contribution in [-0.4, -0.2) is 29.3 Å². The number of nitrogens with zero attached hydrogens (tertiary/aromatic N) is 1. The summed E-state index contributed by atoms with van der Waals surface area (Å²) in [4.78, 5) is 12.6. The summed E-state index contributed by atoms with van der Waals surface area (Å²) < 4.78 is 49.0. The van der Waals surface area contributed by atoms with Gasteiger partial charge in [0, 0.05) is 12.1 Å². The molecule has 0 spiro atoms. The highest BCUT2D eigenvalue weighted by Crippen LogP contribution is 2.35. The van der Waals surface area contributed by atoms with Crippen LogP contribution in [-0.2, 0) is 12.7 Å². The highest BCUT2D eigenvalue weighted by atomic mass is 19.4. The summed E-state index contributed by atoms with van der Waals surface area (Å²) in [5.41, 5.74) is 1.34. The van der Waals surface area contributed by atoms with Gasteiger partial charge in [-0.3, -0.25) is 9.89 Å². The first-order valence-corrected chi connectivity index (χ1v) is 8.79. The number of alkyl halides is 3. The van der Waals surface area contributed by atoms with Crippen LogP contribution in [0.2, 0.25) is 0 Å². The Balaban J connectivity index is 1.47. The number of hydrogen-bond acceptors (Lipinski definition) is 4. The Labute approximate surface area is 163 Å². The van der Waals surface area contributed by atoms with Gasteiger partial charge in [0.25, 0.3) is 5.91 Å². The van der Waals surface area contributed by atoms with E-state index in [0.717, 1.165) is 12.1 Å². The highest BCUT2D eigenvalue weighted by molar-refractivity contribution is 5.99. The molecule has 150 valence electrons. The van der Waals surface area contributed by atoms with Crippen molar-refractivity contribution in [1.82, 2.24) is 15.5 Å². The molecule has 0 unspecified atom stereocenters. The molecule has 0 fully saturated rings. The Morgan fingerprint density at radius 3 is 2.52 bits per heavy atom. The van der Waals surface area contributed by atoms with Crippen molar-refractivity contribution >= 4 is 5.91 Å². The fourth-order valence-electron chi connectivity index (χ4n) is 2.97. The molecule has 0 radical (unpaired) electrons. The average Bonchev–Trinajstić information content (AvgIpc) is 3.21. The van der Waals surface area contributed by atoms with E-state index in [-0.39, 0.29) is 6.54 Å². The maximum Gasteiger partial charge on any atom is 0.416 e. The molecule has 1 amide bonds. The molecule has 0 saturated carbocycles. The molecule has 6 nitrogen and oxygen atoms in total.